The van der Waals surface area contributed by atoms with E-state index in [1.54, 1.807) is 17.5 Å². The maximum atomic E-state index is 11.8. The molecule has 1 fully saturated rings. The molecule has 0 aromatic carbocycles. The van der Waals surface area contributed by atoms with Gasteiger partial charge in [-0.2, -0.15) is 0 Å². The molecule has 1 aromatic rings. The number of nitrogens with one attached hydrogen (secondary N) is 2. The zero-order valence-corrected chi connectivity index (χ0v) is 15.6. The van der Waals surface area contributed by atoms with Crippen molar-refractivity contribution in [2.24, 2.45) is 5.92 Å². The number of thiophene rings is 1. The van der Waals surface area contributed by atoms with Crippen LogP contribution in [0.3, 0.4) is 0 Å². The summed E-state index contributed by atoms with van der Waals surface area (Å²) in [5.74, 6) is -1.10. The average molecular weight is 380 g/mol. The molecular formula is C18H24N2O5S. The van der Waals surface area contributed by atoms with E-state index in [4.69, 9.17) is 4.74 Å². The summed E-state index contributed by atoms with van der Waals surface area (Å²) in [5, 5.41) is 6.73. The number of carbonyl (C=O) groups is 4. The van der Waals surface area contributed by atoms with Gasteiger partial charge in [-0.25, -0.2) is 4.79 Å². The molecule has 2 atom stereocenters. The fraction of sp³-hybridized carbons (Fsp3) is 0.556. The van der Waals surface area contributed by atoms with Gasteiger partial charge in [-0.1, -0.05) is 25.8 Å². The van der Waals surface area contributed by atoms with E-state index in [0.29, 0.717) is 10.8 Å². The number of urea groups is 1. The van der Waals surface area contributed by atoms with E-state index >= 15 is 0 Å². The lowest BCUT2D eigenvalue weighted by molar-refractivity contribution is -0.148. The van der Waals surface area contributed by atoms with E-state index in [2.05, 4.69) is 17.6 Å². The van der Waals surface area contributed by atoms with Gasteiger partial charge in [-0.15, -0.1) is 11.3 Å². The second-order valence-corrected chi connectivity index (χ2v) is 7.40. The molecule has 26 heavy (non-hydrogen) atoms. The van der Waals surface area contributed by atoms with Crippen LogP contribution in [0.25, 0.3) is 0 Å². The zero-order chi connectivity index (χ0) is 18.9. The second kappa shape index (κ2) is 10.1. The van der Waals surface area contributed by atoms with Gasteiger partial charge in [0, 0.05) is 12.5 Å². The van der Waals surface area contributed by atoms with Crippen LogP contribution in [0.2, 0.25) is 0 Å². The summed E-state index contributed by atoms with van der Waals surface area (Å²) in [6.07, 6.45) is 4.10. The third-order valence-corrected chi connectivity index (χ3v) is 5.31. The number of hydrogen-bond donors (Lipinski definition) is 2. The van der Waals surface area contributed by atoms with Gasteiger partial charge in [-0.05, 0) is 30.2 Å². The molecule has 0 bridgehead atoms. The number of Topliss-reactive ketones (excluding diaryl/α,β-unsaturated/α-hetero) is 1. The topological polar surface area (TPSA) is 102 Å². The fourth-order valence-electron chi connectivity index (χ4n) is 2.89. The molecule has 2 rings (SSSR count). The average Bonchev–Trinajstić information content (AvgIpc) is 3.14. The predicted molar refractivity (Wildman–Crippen MR) is 96.9 cm³/mol. The van der Waals surface area contributed by atoms with Crippen molar-refractivity contribution in [3.8, 4) is 0 Å². The lowest BCUT2D eigenvalue weighted by Gasteiger charge is -2.29. The first kappa shape index (κ1) is 20.1. The number of hydrogen-bond acceptors (Lipinski definition) is 6. The monoisotopic (exact) mass is 380 g/mol. The highest BCUT2D eigenvalue weighted by Gasteiger charge is 2.23. The summed E-state index contributed by atoms with van der Waals surface area (Å²) in [7, 11) is 0. The van der Waals surface area contributed by atoms with Gasteiger partial charge in [0.15, 0.2) is 12.4 Å². The Kier molecular flexibility index (Phi) is 7.77. The lowest BCUT2D eigenvalue weighted by atomic mass is 9.86. The molecule has 142 valence electrons. The Labute approximate surface area is 156 Å². The summed E-state index contributed by atoms with van der Waals surface area (Å²) in [5.41, 5.74) is 0. The number of imide groups is 1. The van der Waals surface area contributed by atoms with E-state index in [1.165, 1.54) is 11.3 Å². The quantitative estimate of drug-likeness (QED) is 0.559. The maximum Gasteiger partial charge on any atom is 0.321 e. The lowest BCUT2D eigenvalue weighted by Crippen LogP contribution is -2.48. The molecule has 1 aliphatic rings. The highest BCUT2D eigenvalue weighted by molar-refractivity contribution is 7.12. The van der Waals surface area contributed by atoms with Crippen LogP contribution in [0.1, 0.15) is 55.1 Å². The third kappa shape index (κ3) is 6.59. The van der Waals surface area contributed by atoms with E-state index in [0.717, 1.165) is 25.7 Å². The minimum Gasteiger partial charge on any atom is -0.456 e. The Morgan fingerprint density at radius 1 is 1.19 bits per heavy atom. The number of rotatable bonds is 7. The van der Waals surface area contributed by atoms with Gasteiger partial charge in [-0.3, -0.25) is 19.7 Å². The van der Waals surface area contributed by atoms with Crippen LogP contribution in [0, 0.1) is 5.92 Å². The summed E-state index contributed by atoms with van der Waals surface area (Å²) < 4.78 is 4.80. The first-order valence-electron chi connectivity index (χ1n) is 8.78. The molecule has 7 nitrogen and oxygen atoms in total. The van der Waals surface area contributed by atoms with Crippen LogP contribution in [0.4, 0.5) is 4.79 Å². The third-order valence-electron chi connectivity index (χ3n) is 4.40. The van der Waals surface area contributed by atoms with Gasteiger partial charge in [0.25, 0.3) is 5.91 Å². The predicted octanol–water partition coefficient (Wildman–Crippen LogP) is 2.66. The van der Waals surface area contributed by atoms with Gasteiger partial charge in [0.1, 0.15) is 0 Å². The molecule has 8 heteroatoms. The van der Waals surface area contributed by atoms with Crippen molar-refractivity contribution in [1.29, 1.82) is 0 Å². The number of amides is 3. The van der Waals surface area contributed by atoms with Crippen LogP contribution in [-0.2, 0) is 14.3 Å². The fourth-order valence-corrected chi connectivity index (χ4v) is 3.59. The van der Waals surface area contributed by atoms with Gasteiger partial charge < -0.3 is 10.1 Å². The van der Waals surface area contributed by atoms with Crippen molar-refractivity contribution in [2.45, 2.75) is 51.5 Å². The van der Waals surface area contributed by atoms with E-state index in [9.17, 15) is 19.2 Å². The number of carbonyl (C=O) groups excluding carboxylic acids is 4. The van der Waals surface area contributed by atoms with Gasteiger partial charge in [0.05, 0.1) is 11.3 Å². The first-order valence-corrected chi connectivity index (χ1v) is 9.66. The molecule has 0 aliphatic heterocycles. The molecule has 1 heterocycles. The van der Waals surface area contributed by atoms with E-state index in [-0.39, 0.29) is 24.7 Å². The van der Waals surface area contributed by atoms with Gasteiger partial charge in [0.2, 0.25) is 0 Å². The first-order chi connectivity index (χ1) is 12.5. The molecule has 0 radical (unpaired) electrons. The highest BCUT2D eigenvalue weighted by atomic mass is 32.1. The second-order valence-electron chi connectivity index (χ2n) is 6.45. The molecule has 1 aromatic heterocycles. The van der Waals surface area contributed by atoms with Crippen LogP contribution < -0.4 is 10.6 Å². The Bertz CT molecular complexity index is 644. The molecule has 2 N–H and O–H groups in total. The number of ketones is 1. The standard InChI is InChI=1S/C18H24N2O5S/c1-12-5-2-3-6-13(12)19-18(24)20-16(22)11-25-17(23)9-8-14(21)15-7-4-10-26-15/h4,7,10,12-13H,2-3,5-6,8-9,11H2,1H3,(H2,19,20,22,24)/t12-,13-/m0/s1. The summed E-state index contributed by atoms with van der Waals surface area (Å²) in [6.45, 7) is 1.53. The smallest absolute Gasteiger partial charge is 0.321 e. The summed E-state index contributed by atoms with van der Waals surface area (Å²) >= 11 is 1.31. The minimum atomic E-state index is -0.691. The normalized spacial score (nSPS) is 19.4. The van der Waals surface area contributed by atoms with Crippen molar-refractivity contribution >= 4 is 35.0 Å². The molecule has 1 saturated carbocycles. The van der Waals surface area contributed by atoms with Crippen molar-refractivity contribution in [3.63, 3.8) is 0 Å². The number of ether oxygens (including phenoxy) is 1. The van der Waals surface area contributed by atoms with Crippen LogP contribution >= 0.6 is 11.3 Å². The van der Waals surface area contributed by atoms with Crippen molar-refractivity contribution in [3.05, 3.63) is 22.4 Å². The Hall–Kier alpha value is -2.22. The van der Waals surface area contributed by atoms with E-state index in [1.807, 2.05) is 0 Å². The molecule has 3 amide bonds. The van der Waals surface area contributed by atoms with Gasteiger partial charge >= 0.3 is 12.0 Å². The SMILES string of the molecule is C[C@H]1CCCC[C@@H]1NC(=O)NC(=O)COC(=O)CCC(=O)c1cccs1. The largest absolute Gasteiger partial charge is 0.456 e. The van der Waals surface area contributed by atoms with Crippen LogP contribution in [0.15, 0.2) is 17.5 Å². The van der Waals surface area contributed by atoms with Crippen LogP contribution in [-0.4, -0.2) is 36.3 Å². The molecule has 0 unspecified atom stereocenters. The Morgan fingerprint density at radius 2 is 1.96 bits per heavy atom. The minimum absolute atomic E-state index is 0.0288. The van der Waals surface area contributed by atoms with Crippen molar-refractivity contribution < 1.29 is 23.9 Å². The molecule has 0 saturated heterocycles. The number of esters is 1. The van der Waals surface area contributed by atoms with Crippen molar-refractivity contribution in [2.75, 3.05) is 6.61 Å². The Balaban J connectivity index is 1.62. The van der Waals surface area contributed by atoms with Crippen molar-refractivity contribution in [1.82, 2.24) is 10.6 Å². The zero-order valence-electron chi connectivity index (χ0n) is 14.8. The van der Waals surface area contributed by atoms with E-state index < -0.39 is 24.5 Å². The molecular weight excluding hydrogens is 356 g/mol. The maximum absolute atomic E-state index is 11.8. The summed E-state index contributed by atoms with van der Waals surface area (Å²) in [4.78, 5) is 47.5. The highest BCUT2D eigenvalue weighted by Crippen LogP contribution is 2.23. The molecule has 1 aliphatic carbocycles. The summed E-state index contributed by atoms with van der Waals surface area (Å²) in [6, 6.07) is 2.94. The van der Waals surface area contributed by atoms with Crippen LogP contribution in [0.5, 0.6) is 0 Å². The Morgan fingerprint density at radius 3 is 2.65 bits per heavy atom. The molecule has 0 spiro atoms.